The first-order valence-corrected chi connectivity index (χ1v) is 4.83. The molecule has 0 aromatic carbocycles. The van der Waals surface area contributed by atoms with Crippen molar-refractivity contribution in [3.05, 3.63) is 85.9 Å². The fraction of sp³-hybridized carbons (Fsp3) is 0. The highest BCUT2D eigenvalue weighted by atomic mass is 13.8. The summed E-state index contributed by atoms with van der Waals surface area (Å²) in [4.78, 5) is 0. The maximum absolute atomic E-state index is 3.76. The minimum atomic E-state index is 0.825. The molecule has 0 heterocycles. The van der Waals surface area contributed by atoms with Crippen LogP contribution in [-0.2, 0) is 0 Å². The summed E-state index contributed by atoms with van der Waals surface area (Å²) in [5.74, 6) is 0. The van der Waals surface area contributed by atoms with Crippen molar-refractivity contribution in [1.29, 1.82) is 0 Å². The van der Waals surface area contributed by atoms with Crippen LogP contribution in [0, 0.1) is 0 Å². The Balaban J connectivity index is 4.73. The van der Waals surface area contributed by atoms with E-state index in [1.807, 2.05) is 30.4 Å². The molecule has 0 N–H and O–H groups in total. The highest BCUT2D eigenvalue weighted by Gasteiger charge is 1.97. The monoisotopic (exact) mass is 196 g/mol. The predicted molar refractivity (Wildman–Crippen MR) is 73.2 cm³/mol. The van der Waals surface area contributed by atoms with Crippen LogP contribution in [0.2, 0.25) is 0 Å². The minimum Gasteiger partial charge on any atom is -0.0996 e. The third-order valence-corrected chi connectivity index (χ3v) is 1.78. The molecule has 0 saturated heterocycles. The topological polar surface area (TPSA) is 0 Å². The average molecular weight is 196 g/mol. The van der Waals surface area contributed by atoms with Crippen molar-refractivity contribution >= 4 is 7.28 Å². The first kappa shape index (κ1) is 13.2. The van der Waals surface area contributed by atoms with Gasteiger partial charge >= 0.3 is 0 Å². The summed E-state index contributed by atoms with van der Waals surface area (Å²) in [5, 5.41) is 0. The molecule has 0 spiro atoms. The molecular formula is C14H17B. The van der Waals surface area contributed by atoms with Gasteiger partial charge in [-0.1, -0.05) is 85.9 Å². The Labute approximate surface area is 93.6 Å². The lowest BCUT2D eigenvalue weighted by Crippen LogP contribution is -1.96. The van der Waals surface area contributed by atoms with Gasteiger partial charge in [-0.25, -0.2) is 0 Å². The van der Waals surface area contributed by atoms with Crippen molar-refractivity contribution in [2.45, 2.75) is 0 Å². The van der Waals surface area contributed by atoms with E-state index in [1.165, 1.54) is 0 Å². The van der Waals surface area contributed by atoms with Gasteiger partial charge in [-0.05, 0) is 0 Å². The minimum absolute atomic E-state index is 0.825. The maximum Gasteiger partial charge on any atom is 0.192 e. The Hall–Kier alpha value is -1.76. The van der Waals surface area contributed by atoms with Crippen LogP contribution < -0.4 is 0 Å². The van der Waals surface area contributed by atoms with E-state index < -0.39 is 0 Å². The Bertz CT molecular complexity index is 327. The Morgan fingerprint density at radius 3 is 1.87 bits per heavy atom. The van der Waals surface area contributed by atoms with Crippen LogP contribution in [0.15, 0.2) is 85.9 Å². The van der Waals surface area contributed by atoms with E-state index in [2.05, 4.69) is 26.3 Å². The third-order valence-electron chi connectivity index (χ3n) is 1.78. The number of allylic oxidation sites excluding steroid dienone is 10. The molecule has 0 aromatic heterocycles. The van der Waals surface area contributed by atoms with Crippen molar-refractivity contribution in [2.24, 2.45) is 0 Å². The van der Waals surface area contributed by atoms with Crippen LogP contribution >= 0.6 is 0 Å². The highest BCUT2D eigenvalue weighted by molar-refractivity contribution is 6.55. The van der Waals surface area contributed by atoms with Crippen molar-refractivity contribution in [1.82, 2.24) is 0 Å². The van der Waals surface area contributed by atoms with E-state index in [0.29, 0.717) is 0 Å². The van der Waals surface area contributed by atoms with Gasteiger partial charge in [0.1, 0.15) is 0 Å². The van der Waals surface area contributed by atoms with Crippen molar-refractivity contribution in [3.8, 4) is 0 Å². The van der Waals surface area contributed by atoms with E-state index >= 15 is 0 Å². The van der Waals surface area contributed by atoms with Crippen LogP contribution in [-0.4, -0.2) is 7.28 Å². The largest absolute Gasteiger partial charge is 0.192 e. The molecule has 0 rings (SSSR count). The summed E-state index contributed by atoms with van der Waals surface area (Å²) < 4.78 is 0. The zero-order valence-electron chi connectivity index (χ0n) is 9.15. The van der Waals surface area contributed by atoms with E-state index in [0.717, 1.165) is 18.2 Å². The average Bonchev–Trinajstić information content (AvgIpc) is 2.25. The summed E-state index contributed by atoms with van der Waals surface area (Å²) in [6.07, 6.45) is 15.0. The molecule has 0 unspecified atom stereocenters. The fourth-order valence-corrected chi connectivity index (χ4v) is 1.10. The normalized spacial score (nSPS) is 12.3. The lowest BCUT2D eigenvalue weighted by Gasteiger charge is -1.99. The van der Waals surface area contributed by atoms with E-state index in [1.54, 1.807) is 18.2 Å². The van der Waals surface area contributed by atoms with E-state index in [-0.39, 0.29) is 0 Å². The molecule has 0 fully saturated rings. The lowest BCUT2D eigenvalue weighted by molar-refractivity contribution is 1.78. The molecule has 0 saturated carbocycles. The van der Waals surface area contributed by atoms with Gasteiger partial charge in [0, 0.05) is 0 Å². The van der Waals surface area contributed by atoms with Crippen molar-refractivity contribution in [3.63, 3.8) is 0 Å². The van der Waals surface area contributed by atoms with Gasteiger partial charge in [-0.2, -0.15) is 0 Å². The van der Waals surface area contributed by atoms with Gasteiger partial charge in [0.2, 0.25) is 0 Å². The highest BCUT2D eigenvalue weighted by Crippen LogP contribution is 2.04. The lowest BCUT2D eigenvalue weighted by atomic mass is 9.62. The molecule has 0 aromatic rings. The Morgan fingerprint density at radius 2 is 1.40 bits per heavy atom. The zero-order chi connectivity index (χ0) is 11.5. The second kappa shape index (κ2) is 8.83. The molecule has 0 aliphatic rings. The molecule has 0 atom stereocenters. The summed E-state index contributed by atoms with van der Waals surface area (Å²) in [5.41, 5.74) is 2.30. The smallest absolute Gasteiger partial charge is 0.0996 e. The van der Waals surface area contributed by atoms with Crippen LogP contribution in [0.4, 0.5) is 0 Å². The second-order valence-electron chi connectivity index (χ2n) is 2.93. The summed E-state index contributed by atoms with van der Waals surface area (Å²) in [6.45, 7) is 14.7. The first-order chi connectivity index (χ1) is 7.28. The zero-order valence-corrected chi connectivity index (χ0v) is 9.15. The van der Waals surface area contributed by atoms with Crippen LogP contribution in [0.25, 0.3) is 0 Å². The number of rotatable bonds is 7. The maximum atomic E-state index is 3.76. The Kier molecular flexibility index (Phi) is 7.79. The summed E-state index contributed by atoms with van der Waals surface area (Å²) in [6, 6.07) is 0. The second-order valence-corrected chi connectivity index (χ2v) is 2.93. The van der Waals surface area contributed by atoms with Gasteiger partial charge in [0.25, 0.3) is 0 Å². The predicted octanol–water partition coefficient (Wildman–Crippen LogP) is 3.49. The molecule has 0 aliphatic carbocycles. The summed E-state index contributed by atoms with van der Waals surface area (Å²) in [7, 11) is 0.825. The molecule has 0 radical (unpaired) electrons. The van der Waals surface area contributed by atoms with E-state index in [4.69, 9.17) is 0 Å². The molecule has 15 heavy (non-hydrogen) atoms. The first-order valence-electron chi connectivity index (χ1n) is 4.83. The quantitative estimate of drug-likeness (QED) is 0.431. The van der Waals surface area contributed by atoms with E-state index in [9.17, 15) is 0 Å². The van der Waals surface area contributed by atoms with Crippen molar-refractivity contribution < 1.29 is 0 Å². The van der Waals surface area contributed by atoms with Crippen LogP contribution in [0.3, 0.4) is 0 Å². The molecular weight excluding hydrogens is 179 g/mol. The van der Waals surface area contributed by atoms with Gasteiger partial charge in [0.05, 0.1) is 0 Å². The Morgan fingerprint density at radius 1 is 0.800 bits per heavy atom. The van der Waals surface area contributed by atoms with Crippen LogP contribution in [0.1, 0.15) is 0 Å². The van der Waals surface area contributed by atoms with Gasteiger partial charge in [-0.3, -0.25) is 0 Å². The molecule has 1 heteroatoms. The van der Waals surface area contributed by atoms with Crippen LogP contribution in [0.5, 0.6) is 0 Å². The third kappa shape index (κ3) is 6.33. The molecule has 0 bridgehead atoms. The number of hydrogen-bond donors (Lipinski definition) is 0. The standard InChI is InChI=1S/C14H17B/c1-5-9-12-14(11-7-3)15-13(8-4)10-6-2/h5-12,15H,1-4H2/b12-9-,13-10+,14-11+. The molecule has 0 aliphatic heterocycles. The van der Waals surface area contributed by atoms with Gasteiger partial charge in [-0.15, -0.1) is 0 Å². The SMILES string of the molecule is C=C/C=C\C(B/C(C=C)=C/C=C)=C/C=C. The fourth-order valence-electron chi connectivity index (χ4n) is 1.10. The molecule has 76 valence electrons. The van der Waals surface area contributed by atoms with Crippen molar-refractivity contribution in [2.75, 3.05) is 0 Å². The number of hydrogen-bond acceptors (Lipinski definition) is 0. The molecule has 0 nitrogen and oxygen atoms in total. The molecule has 0 amide bonds. The summed E-state index contributed by atoms with van der Waals surface area (Å²) >= 11 is 0. The van der Waals surface area contributed by atoms with Gasteiger partial charge < -0.3 is 0 Å². The van der Waals surface area contributed by atoms with Gasteiger partial charge in [0.15, 0.2) is 7.28 Å².